The standard InChI is InChI=1S/C12H16.C8H8.C4H6/c1-3-5-8-12-10-7-6-9-11(12)4-2;1-2-8-6-4-3-5-7-8;1-3-4-2/h4,6-7,9-10H,2-3,5,8H2,1H3;2-7H,1H2;3-4H,1-2H2. The van der Waals surface area contributed by atoms with E-state index in [1.54, 1.807) is 12.2 Å². The van der Waals surface area contributed by atoms with Crippen LogP contribution in [-0.2, 0) is 6.42 Å². The maximum atomic E-state index is 3.80. The molecule has 0 aliphatic rings. The van der Waals surface area contributed by atoms with Crippen molar-refractivity contribution < 1.29 is 0 Å². The summed E-state index contributed by atoms with van der Waals surface area (Å²) in [5.41, 5.74) is 3.88. The molecule has 0 spiro atoms. The van der Waals surface area contributed by atoms with Crippen LogP contribution in [0.5, 0.6) is 0 Å². The average Bonchev–Trinajstić information content (AvgIpc) is 2.67. The van der Waals surface area contributed by atoms with Crippen molar-refractivity contribution in [2.24, 2.45) is 0 Å². The van der Waals surface area contributed by atoms with Crippen molar-refractivity contribution >= 4 is 12.2 Å². The van der Waals surface area contributed by atoms with Crippen LogP contribution >= 0.6 is 0 Å². The van der Waals surface area contributed by atoms with Gasteiger partial charge in [0.15, 0.2) is 0 Å². The van der Waals surface area contributed by atoms with Gasteiger partial charge in [-0.05, 0) is 29.5 Å². The molecular formula is C24H30. The molecule has 0 heteroatoms. The van der Waals surface area contributed by atoms with Gasteiger partial charge < -0.3 is 0 Å². The van der Waals surface area contributed by atoms with Crippen molar-refractivity contribution in [3.63, 3.8) is 0 Å². The SMILES string of the molecule is C=CC=C.C=Cc1ccccc1.C=Cc1ccccc1CCCC. The zero-order valence-electron chi connectivity index (χ0n) is 15.0. The number of rotatable bonds is 6. The Balaban J connectivity index is 0.000000379. The first kappa shape index (κ1) is 21.4. The minimum Gasteiger partial charge on any atom is -0.0991 e. The van der Waals surface area contributed by atoms with Gasteiger partial charge in [0.1, 0.15) is 0 Å². The van der Waals surface area contributed by atoms with Crippen LogP contribution in [0.3, 0.4) is 0 Å². The highest BCUT2D eigenvalue weighted by atomic mass is 14.0. The predicted molar refractivity (Wildman–Crippen MR) is 112 cm³/mol. The van der Waals surface area contributed by atoms with Gasteiger partial charge in [0, 0.05) is 0 Å². The molecule has 0 radical (unpaired) electrons. The summed E-state index contributed by atoms with van der Waals surface area (Å²) in [6.45, 7) is 16.4. The van der Waals surface area contributed by atoms with Gasteiger partial charge in [0.05, 0.1) is 0 Å². The van der Waals surface area contributed by atoms with Crippen molar-refractivity contribution in [2.45, 2.75) is 26.2 Å². The molecule has 126 valence electrons. The zero-order chi connectivity index (χ0) is 18.0. The van der Waals surface area contributed by atoms with Crippen LogP contribution in [-0.4, -0.2) is 0 Å². The highest BCUT2D eigenvalue weighted by Gasteiger charge is 1.95. The van der Waals surface area contributed by atoms with Crippen LogP contribution in [0.1, 0.15) is 36.5 Å². The summed E-state index contributed by atoms with van der Waals surface area (Å²) < 4.78 is 0. The molecule has 0 fully saturated rings. The van der Waals surface area contributed by atoms with Crippen LogP contribution < -0.4 is 0 Å². The minimum atomic E-state index is 1.17. The molecule has 0 aliphatic carbocycles. The van der Waals surface area contributed by atoms with Crippen LogP contribution in [0.25, 0.3) is 12.2 Å². The molecule has 0 aromatic heterocycles. The van der Waals surface area contributed by atoms with E-state index in [0.717, 1.165) is 0 Å². The Bertz CT molecular complexity index is 584. The summed E-state index contributed by atoms with van der Waals surface area (Å²) >= 11 is 0. The van der Waals surface area contributed by atoms with Crippen molar-refractivity contribution in [2.75, 3.05) is 0 Å². The predicted octanol–water partition coefficient (Wildman–Crippen LogP) is 7.36. The highest BCUT2D eigenvalue weighted by molar-refractivity contribution is 5.51. The lowest BCUT2D eigenvalue weighted by atomic mass is 10.0. The number of benzene rings is 2. The van der Waals surface area contributed by atoms with E-state index in [2.05, 4.69) is 57.5 Å². The molecule has 2 aromatic rings. The first-order chi connectivity index (χ1) is 11.7. The minimum absolute atomic E-state index is 1.17. The van der Waals surface area contributed by atoms with E-state index >= 15 is 0 Å². The average molecular weight is 319 g/mol. The number of aryl methyl sites for hydroxylation is 1. The van der Waals surface area contributed by atoms with E-state index in [9.17, 15) is 0 Å². The normalized spacial score (nSPS) is 8.54. The Kier molecular flexibility index (Phi) is 13.6. The molecule has 24 heavy (non-hydrogen) atoms. The van der Waals surface area contributed by atoms with Gasteiger partial charge in [0.25, 0.3) is 0 Å². The summed E-state index contributed by atoms with van der Waals surface area (Å²) in [6.07, 6.45) is 10.8. The van der Waals surface area contributed by atoms with Crippen LogP contribution in [0, 0.1) is 0 Å². The first-order valence-corrected chi connectivity index (χ1v) is 8.34. The van der Waals surface area contributed by atoms with E-state index in [0.29, 0.717) is 0 Å². The molecule has 0 atom stereocenters. The summed E-state index contributed by atoms with van der Waals surface area (Å²) in [5, 5.41) is 0. The fourth-order valence-corrected chi connectivity index (χ4v) is 1.92. The summed E-state index contributed by atoms with van der Waals surface area (Å²) in [7, 11) is 0. The molecule has 0 bridgehead atoms. The quantitative estimate of drug-likeness (QED) is 0.488. The first-order valence-electron chi connectivity index (χ1n) is 8.34. The topological polar surface area (TPSA) is 0 Å². The van der Waals surface area contributed by atoms with Gasteiger partial charge in [-0.25, -0.2) is 0 Å². The number of unbranched alkanes of at least 4 members (excludes halogenated alkanes) is 1. The number of hydrogen-bond donors (Lipinski definition) is 0. The third-order valence-electron chi connectivity index (χ3n) is 3.28. The largest absolute Gasteiger partial charge is 0.0991 e. The third kappa shape index (κ3) is 10.2. The maximum absolute atomic E-state index is 3.80. The molecule has 0 amide bonds. The van der Waals surface area contributed by atoms with E-state index < -0.39 is 0 Å². The second-order valence-corrected chi connectivity index (χ2v) is 5.09. The van der Waals surface area contributed by atoms with E-state index in [1.807, 2.05) is 42.5 Å². The van der Waals surface area contributed by atoms with Crippen molar-refractivity contribution in [3.05, 3.63) is 110 Å². The highest BCUT2D eigenvalue weighted by Crippen LogP contribution is 2.12. The Morgan fingerprint density at radius 2 is 1.33 bits per heavy atom. The molecule has 0 unspecified atom stereocenters. The van der Waals surface area contributed by atoms with E-state index in [4.69, 9.17) is 0 Å². The molecule has 2 aromatic carbocycles. The fraction of sp³-hybridized carbons (Fsp3) is 0.167. The Hall–Kier alpha value is -2.60. The van der Waals surface area contributed by atoms with Gasteiger partial charge in [-0.15, -0.1) is 0 Å². The van der Waals surface area contributed by atoms with Crippen molar-refractivity contribution in [3.8, 4) is 0 Å². The third-order valence-corrected chi connectivity index (χ3v) is 3.28. The molecule has 0 saturated carbocycles. The molecule has 0 nitrogen and oxygen atoms in total. The lowest BCUT2D eigenvalue weighted by Crippen LogP contribution is -1.87. The van der Waals surface area contributed by atoms with Gasteiger partial charge in [-0.1, -0.05) is 119 Å². The second kappa shape index (κ2) is 15.3. The Morgan fingerprint density at radius 1 is 0.750 bits per heavy atom. The van der Waals surface area contributed by atoms with Crippen molar-refractivity contribution in [1.29, 1.82) is 0 Å². The molecule has 2 rings (SSSR count). The van der Waals surface area contributed by atoms with E-state index in [-0.39, 0.29) is 0 Å². The Labute approximate surface area is 148 Å². The number of allylic oxidation sites excluding steroid dienone is 2. The summed E-state index contributed by atoms with van der Waals surface area (Å²) in [5.74, 6) is 0. The van der Waals surface area contributed by atoms with Gasteiger partial charge in [0.2, 0.25) is 0 Å². The monoisotopic (exact) mass is 318 g/mol. The smallest absolute Gasteiger partial charge is 0.0230 e. The van der Waals surface area contributed by atoms with Gasteiger partial charge in [-0.2, -0.15) is 0 Å². The molecule has 0 saturated heterocycles. The van der Waals surface area contributed by atoms with Crippen LogP contribution in [0.4, 0.5) is 0 Å². The molecule has 0 aliphatic heterocycles. The number of hydrogen-bond acceptors (Lipinski definition) is 0. The second-order valence-electron chi connectivity index (χ2n) is 5.09. The lowest BCUT2D eigenvalue weighted by molar-refractivity contribution is 0.794. The van der Waals surface area contributed by atoms with Crippen LogP contribution in [0.15, 0.2) is 93.1 Å². The lowest BCUT2D eigenvalue weighted by Gasteiger charge is -2.03. The Morgan fingerprint density at radius 3 is 1.79 bits per heavy atom. The van der Waals surface area contributed by atoms with Gasteiger partial charge >= 0.3 is 0 Å². The van der Waals surface area contributed by atoms with E-state index in [1.165, 1.54) is 36.0 Å². The molecule has 0 N–H and O–H groups in total. The molecular weight excluding hydrogens is 288 g/mol. The molecule has 0 heterocycles. The van der Waals surface area contributed by atoms with Crippen molar-refractivity contribution in [1.82, 2.24) is 0 Å². The summed E-state index contributed by atoms with van der Waals surface area (Å²) in [4.78, 5) is 0. The maximum Gasteiger partial charge on any atom is -0.0230 e. The zero-order valence-corrected chi connectivity index (χ0v) is 15.0. The van der Waals surface area contributed by atoms with Crippen LogP contribution in [0.2, 0.25) is 0 Å². The van der Waals surface area contributed by atoms with Gasteiger partial charge in [-0.3, -0.25) is 0 Å². The summed E-state index contributed by atoms with van der Waals surface area (Å²) in [6, 6.07) is 18.5. The fourth-order valence-electron chi connectivity index (χ4n) is 1.92.